The van der Waals surface area contributed by atoms with E-state index in [0.717, 1.165) is 62.8 Å². The molecule has 0 saturated heterocycles. The molecule has 9 heteroatoms. The van der Waals surface area contributed by atoms with Crippen molar-refractivity contribution in [3.8, 4) is 0 Å². The summed E-state index contributed by atoms with van der Waals surface area (Å²) < 4.78 is 7.06. The van der Waals surface area contributed by atoms with Gasteiger partial charge in [-0.1, -0.05) is 6.42 Å². The normalized spacial score (nSPS) is 19.9. The van der Waals surface area contributed by atoms with Crippen LogP contribution in [0.3, 0.4) is 0 Å². The number of guanidine groups is 1. The molecular weight excluding hydrogens is 346 g/mol. The van der Waals surface area contributed by atoms with E-state index in [1.54, 1.807) is 14.2 Å². The molecule has 2 heterocycles. The van der Waals surface area contributed by atoms with Crippen LogP contribution in [0.2, 0.25) is 0 Å². The van der Waals surface area contributed by atoms with E-state index in [0.29, 0.717) is 13.2 Å². The molecule has 2 aliphatic rings. The maximum Gasteiger partial charge on any atom is 0.223 e. The zero-order valence-corrected chi connectivity index (χ0v) is 16.3. The van der Waals surface area contributed by atoms with Crippen molar-refractivity contribution in [1.82, 2.24) is 30.7 Å². The predicted octanol–water partition coefficient (Wildman–Crippen LogP) is 0.211. The first-order chi connectivity index (χ1) is 13.2. The third-order valence-electron chi connectivity index (χ3n) is 5.16. The molecule has 1 saturated carbocycles. The highest BCUT2D eigenvalue weighted by Crippen LogP contribution is 2.26. The number of nitrogens with zero attached hydrogens (tertiary/aromatic N) is 4. The summed E-state index contributed by atoms with van der Waals surface area (Å²) in [6.45, 7) is 2.68. The highest BCUT2D eigenvalue weighted by Gasteiger charge is 2.24. The molecule has 150 valence electrons. The Morgan fingerprint density at radius 1 is 1.30 bits per heavy atom. The fourth-order valence-corrected chi connectivity index (χ4v) is 3.38. The van der Waals surface area contributed by atoms with E-state index in [1.807, 2.05) is 4.68 Å². The Morgan fingerprint density at radius 3 is 2.81 bits per heavy atom. The van der Waals surface area contributed by atoms with Gasteiger partial charge < -0.3 is 20.7 Å². The number of hydrogen-bond acceptors (Lipinski definition) is 5. The molecule has 3 rings (SSSR count). The second-order valence-electron chi connectivity index (χ2n) is 7.21. The molecule has 1 aromatic rings. The van der Waals surface area contributed by atoms with Crippen LogP contribution in [0, 0.1) is 5.92 Å². The summed E-state index contributed by atoms with van der Waals surface area (Å²) in [4.78, 5) is 20.6. The van der Waals surface area contributed by atoms with Crippen molar-refractivity contribution in [2.45, 2.75) is 57.7 Å². The smallest absolute Gasteiger partial charge is 0.223 e. The van der Waals surface area contributed by atoms with Crippen molar-refractivity contribution < 1.29 is 9.53 Å². The average Bonchev–Trinajstić information content (AvgIpc) is 3.00. The molecule has 1 atom stereocenters. The summed E-state index contributed by atoms with van der Waals surface area (Å²) >= 11 is 0. The summed E-state index contributed by atoms with van der Waals surface area (Å²) in [5, 5.41) is 14.3. The molecular formula is C18H31N7O2. The van der Waals surface area contributed by atoms with E-state index in [9.17, 15) is 4.79 Å². The molecule has 27 heavy (non-hydrogen) atoms. The van der Waals surface area contributed by atoms with Crippen molar-refractivity contribution in [3.63, 3.8) is 0 Å². The van der Waals surface area contributed by atoms with E-state index in [2.05, 4.69) is 31.0 Å². The van der Waals surface area contributed by atoms with Gasteiger partial charge in [-0.15, -0.1) is 0 Å². The number of hydrogen-bond donors (Lipinski definition) is 3. The van der Waals surface area contributed by atoms with Gasteiger partial charge in [0.1, 0.15) is 12.4 Å². The van der Waals surface area contributed by atoms with Crippen molar-refractivity contribution in [2.24, 2.45) is 10.9 Å². The Morgan fingerprint density at radius 2 is 2.11 bits per heavy atom. The highest BCUT2D eigenvalue weighted by atomic mass is 16.5. The number of fused-ring (bicyclic) bond motifs is 1. The van der Waals surface area contributed by atoms with E-state index in [1.165, 1.54) is 6.42 Å². The molecule has 0 spiro atoms. The van der Waals surface area contributed by atoms with Crippen LogP contribution >= 0.6 is 0 Å². The number of aliphatic imine (C=N–C) groups is 1. The summed E-state index contributed by atoms with van der Waals surface area (Å²) in [7, 11) is 3.42. The van der Waals surface area contributed by atoms with E-state index in [-0.39, 0.29) is 17.9 Å². The molecule has 0 radical (unpaired) electrons. The van der Waals surface area contributed by atoms with E-state index in [4.69, 9.17) is 4.74 Å². The maximum atomic E-state index is 11.8. The lowest BCUT2D eigenvalue weighted by Crippen LogP contribution is -2.47. The number of aromatic nitrogens is 3. The van der Waals surface area contributed by atoms with Gasteiger partial charge in [-0.3, -0.25) is 9.79 Å². The Bertz CT molecular complexity index is 654. The zero-order valence-electron chi connectivity index (χ0n) is 16.3. The van der Waals surface area contributed by atoms with E-state index < -0.39 is 0 Å². The molecule has 1 amide bonds. The van der Waals surface area contributed by atoms with Crippen LogP contribution < -0.4 is 16.0 Å². The van der Waals surface area contributed by atoms with Crippen molar-refractivity contribution >= 4 is 11.9 Å². The molecule has 0 aromatic carbocycles. The van der Waals surface area contributed by atoms with Crippen LogP contribution in [-0.4, -0.2) is 59.9 Å². The Labute approximate surface area is 160 Å². The minimum absolute atomic E-state index is 0.211. The van der Waals surface area contributed by atoms with Gasteiger partial charge in [0.2, 0.25) is 5.91 Å². The number of aryl methyl sites for hydroxylation is 1. The van der Waals surface area contributed by atoms with Crippen LogP contribution in [-0.2, 0) is 29.1 Å². The van der Waals surface area contributed by atoms with Gasteiger partial charge in [0.15, 0.2) is 11.8 Å². The molecule has 1 aromatic heterocycles. The summed E-state index contributed by atoms with van der Waals surface area (Å²) in [6.07, 6.45) is 6.02. The van der Waals surface area contributed by atoms with Crippen LogP contribution in [0.5, 0.6) is 0 Å². The monoisotopic (exact) mass is 377 g/mol. The van der Waals surface area contributed by atoms with Crippen LogP contribution in [0.1, 0.15) is 43.8 Å². The van der Waals surface area contributed by atoms with Crippen molar-refractivity contribution in [3.05, 3.63) is 11.6 Å². The van der Waals surface area contributed by atoms with Gasteiger partial charge in [-0.2, -0.15) is 5.10 Å². The Hall–Kier alpha value is -2.16. The number of carbonyl (C=O) groups excluding carboxylic acids is 1. The lowest BCUT2D eigenvalue weighted by Gasteiger charge is -2.25. The third-order valence-corrected chi connectivity index (χ3v) is 5.16. The van der Waals surface area contributed by atoms with Crippen LogP contribution in [0.15, 0.2) is 4.99 Å². The number of ether oxygens (including phenoxy) is 1. The first-order valence-electron chi connectivity index (χ1n) is 9.86. The fourth-order valence-electron chi connectivity index (χ4n) is 3.38. The first kappa shape index (κ1) is 19.6. The molecule has 0 bridgehead atoms. The largest absolute Gasteiger partial charge is 0.377 e. The zero-order chi connectivity index (χ0) is 19.1. The maximum absolute atomic E-state index is 11.8. The van der Waals surface area contributed by atoms with Gasteiger partial charge in [0.05, 0.1) is 6.54 Å². The second kappa shape index (κ2) is 9.68. The topological polar surface area (TPSA) is 105 Å². The van der Waals surface area contributed by atoms with Gasteiger partial charge in [-0.25, -0.2) is 9.67 Å². The molecule has 1 aliphatic heterocycles. The van der Waals surface area contributed by atoms with Crippen molar-refractivity contribution in [1.29, 1.82) is 0 Å². The van der Waals surface area contributed by atoms with Gasteiger partial charge in [0.25, 0.3) is 0 Å². The quantitative estimate of drug-likeness (QED) is 0.340. The van der Waals surface area contributed by atoms with Crippen LogP contribution in [0.25, 0.3) is 0 Å². The molecule has 1 fully saturated rings. The lowest BCUT2D eigenvalue weighted by atomic mass is 9.85. The molecule has 9 nitrogen and oxygen atoms in total. The van der Waals surface area contributed by atoms with Gasteiger partial charge in [-0.05, 0) is 25.7 Å². The minimum atomic E-state index is 0.211. The fraction of sp³-hybridized carbons (Fsp3) is 0.778. The number of nitrogens with one attached hydrogen (secondary N) is 3. The van der Waals surface area contributed by atoms with Gasteiger partial charge in [0, 0.05) is 45.6 Å². The second-order valence-corrected chi connectivity index (χ2v) is 7.21. The Balaban J connectivity index is 1.35. The number of amides is 1. The molecule has 3 N–H and O–H groups in total. The average molecular weight is 377 g/mol. The summed E-state index contributed by atoms with van der Waals surface area (Å²) in [6, 6.07) is 0.263. The predicted molar refractivity (Wildman–Crippen MR) is 102 cm³/mol. The summed E-state index contributed by atoms with van der Waals surface area (Å²) in [5.74, 6) is 3.00. The summed E-state index contributed by atoms with van der Waals surface area (Å²) in [5.41, 5.74) is 0. The third kappa shape index (κ3) is 5.41. The number of methoxy groups -OCH3 is 1. The SMILES string of the molecule is CN=C(NCCCNC(=O)C1CCC1)NC1CCc2nc(COC)nn2C1. The van der Waals surface area contributed by atoms with Gasteiger partial charge >= 0.3 is 0 Å². The standard InChI is InChI=1S/C18H31N7O2/c1-19-18(21-10-4-9-20-17(26)13-5-3-6-13)22-14-7-8-16-23-15(12-27-2)24-25(16)11-14/h13-14H,3-12H2,1-2H3,(H,20,26)(H2,19,21,22). The van der Waals surface area contributed by atoms with Crippen molar-refractivity contribution in [2.75, 3.05) is 27.2 Å². The number of rotatable bonds is 8. The molecule has 1 unspecified atom stereocenters. The molecule has 1 aliphatic carbocycles. The highest BCUT2D eigenvalue weighted by molar-refractivity contribution is 5.80. The van der Waals surface area contributed by atoms with E-state index >= 15 is 0 Å². The minimum Gasteiger partial charge on any atom is -0.377 e. The number of carbonyl (C=O) groups is 1. The Kier molecular flexibility index (Phi) is 7.03. The van der Waals surface area contributed by atoms with Crippen LogP contribution in [0.4, 0.5) is 0 Å². The first-order valence-corrected chi connectivity index (χ1v) is 9.86. The lowest BCUT2D eigenvalue weighted by molar-refractivity contribution is -0.127.